The van der Waals surface area contributed by atoms with Crippen LogP contribution < -0.4 is 9.47 Å². The first-order valence-corrected chi connectivity index (χ1v) is 15.6. The minimum absolute atomic E-state index is 0. The van der Waals surface area contributed by atoms with E-state index in [2.05, 4.69) is 4.90 Å². The van der Waals surface area contributed by atoms with Crippen LogP contribution in [-0.2, 0) is 16.4 Å². The maximum atomic E-state index is 13.7. The Hall–Kier alpha value is -2.80. The van der Waals surface area contributed by atoms with E-state index >= 15 is 0 Å². The maximum absolute atomic E-state index is 13.7. The van der Waals surface area contributed by atoms with Crippen LogP contribution in [0.15, 0.2) is 76.5 Å². The SMILES string of the molecule is Cl.O=C(c1cccc2c1C(S(=O)(=O)c1ccccc1)CS2(O)O)N1CCN(Cc2ccc3c(c2)OCO3)CC1. The highest BCUT2D eigenvalue weighted by atomic mass is 35.5. The van der Waals surface area contributed by atoms with Gasteiger partial charge in [0.25, 0.3) is 5.91 Å². The zero-order valence-electron chi connectivity index (χ0n) is 20.9. The van der Waals surface area contributed by atoms with E-state index < -0.39 is 25.7 Å². The van der Waals surface area contributed by atoms with Crippen molar-refractivity contribution in [1.82, 2.24) is 9.80 Å². The second-order valence-electron chi connectivity index (χ2n) is 9.65. The lowest BCUT2D eigenvalue weighted by Gasteiger charge is -2.35. The Bertz CT molecular complexity index is 1490. The topological polar surface area (TPSA) is 117 Å². The molecule has 3 aromatic rings. The van der Waals surface area contributed by atoms with E-state index in [1.807, 2.05) is 18.2 Å². The number of amides is 1. The van der Waals surface area contributed by atoms with Crippen LogP contribution in [0.25, 0.3) is 0 Å². The van der Waals surface area contributed by atoms with Crippen LogP contribution in [-0.4, -0.2) is 72.0 Å². The number of hydrogen-bond acceptors (Lipinski definition) is 8. The molecular formula is C27H29ClN2O7S2. The molecule has 0 aliphatic carbocycles. The lowest BCUT2D eigenvalue weighted by Crippen LogP contribution is -2.48. The predicted molar refractivity (Wildman–Crippen MR) is 150 cm³/mol. The Kier molecular flexibility index (Phi) is 7.57. The highest BCUT2D eigenvalue weighted by molar-refractivity contribution is 8.25. The van der Waals surface area contributed by atoms with Crippen LogP contribution in [0, 0.1) is 0 Å². The van der Waals surface area contributed by atoms with Crippen LogP contribution in [0.2, 0.25) is 0 Å². The first-order chi connectivity index (χ1) is 18.2. The van der Waals surface area contributed by atoms with E-state index in [1.165, 1.54) is 18.2 Å². The molecule has 3 heterocycles. The van der Waals surface area contributed by atoms with E-state index in [0.717, 1.165) is 17.1 Å². The minimum Gasteiger partial charge on any atom is -0.454 e. The second-order valence-corrected chi connectivity index (χ2v) is 13.9. The summed E-state index contributed by atoms with van der Waals surface area (Å²) in [6.45, 7) is 3.17. The summed E-state index contributed by atoms with van der Waals surface area (Å²) in [5.41, 5.74) is 1.52. The molecule has 12 heteroatoms. The van der Waals surface area contributed by atoms with Gasteiger partial charge in [0.05, 0.1) is 15.5 Å². The summed E-state index contributed by atoms with van der Waals surface area (Å²) in [6.07, 6.45) is 0. The third kappa shape index (κ3) is 5.10. The van der Waals surface area contributed by atoms with Crippen LogP contribution >= 0.6 is 23.0 Å². The molecule has 0 bridgehead atoms. The van der Waals surface area contributed by atoms with Gasteiger partial charge >= 0.3 is 0 Å². The van der Waals surface area contributed by atoms with Gasteiger partial charge in [-0.25, -0.2) is 8.42 Å². The summed E-state index contributed by atoms with van der Waals surface area (Å²) in [5.74, 6) is 0.826. The van der Waals surface area contributed by atoms with Gasteiger partial charge in [-0.2, -0.15) is 10.6 Å². The number of benzene rings is 3. The maximum Gasteiger partial charge on any atom is 0.254 e. The molecule has 0 saturated carbocycles. The molecule has 3 aliphatic heterocycles. The molecule has 208 valence electrons. The van der Waals surface area contributed by atoms with Crippen molar-refractivity contribution in [3.63, 3.8) is 0 Å². The largest absolute Gasteiger partial charge is 0.454 e. The lowest BCUT2D eigenvalue weighted by atomic mass is 10.0. The van der Waals surface area contributed by atoms with Crippen molar-refractivity contribution in [3.05, 3.63) is 83.4 Å². The Labute approximate surface area is 235 Å². The standard InChI is InChI=1S/C27H28N2O7S2.ClH/c30-27(29-13-11-28(12-14-29)16-19-9-10-22-23(15-19)36-18-35-22)21-7-4-8-24-26(21)25(17-37(24,31)32)38(33,34)20-5-2-1-3-6-20;/h1-10,15,25,31-32H,11-14,16-18H2;1H. The van der Waals surface area contributed by atoms with Crippen LogP contribution in [0.4, 0.5) is 0 Å². The number of fused-ring (bicyclic) bond motifs is 2. The first kappa shape index (κ1) is 27.8. The molecule has 0 aromatic heterocycles. The fourth-order valence-electron chi connectivity index (χ4n) is 5.33. The molecule has 2 N–H and O–H groups in total. The van der Waals surface area contributed by atoms with Gasteiger partial charge in [0.1, 0.15) is 5.25 Å². The minimum atomic E-state index is -3.95. The van der Waals surface area contributed by atoms with Crippen LogP contribution in [0.5, 0.6) is 11.5 Å². The van der Waals surface area contributed by atoms with Crippen molar-refractivity contribution >= 4 is 38.7 Å². The Morgan fingerprint density at radius 3 is 2.38 bits per heavy atom. The monoisotopic (exact) mass is 592 g/mol. The summed E-state index contributed by atoms with van der Waals surface area (Å²) >= 11 is 0. The number of sulfone groups is 1. The van der Waals surface area contributed by atoms with Gasteiger partial charge < -0.3 is 14.4 Å². The van der Waals surface area contributed by atoms with E-state index in [4.69, 9.17) is 9.47 Å². The summed E-state index contributed by atoms with van der Waals surface area (Å²) in [4.78, 5) is 17.9. The molecule has 1 saturated heterocycles. The average molecular weight is 593 g/mol. The van der Waals surface area contributed by atoms with Gasteiger partial charge in [0, 0.05) is 43.9 Å². The molecule has 1 unspecified atom stereocenters. The molecule has 0 radical (unpaired) electrons. The van der Waals surface area contributed by atoms with Gasteiger partial charge in [0.15, 0.2) is 21.3 Å². The summed E-state index contributed by atoms with van der Waals surface area (Å²) in [5, 5.41) is -1.21. The number of ether oxygens (including phenoxy) is 2. The fourth-order valence-corrected chi connectivity index (χ4v) is 9.79. The quantitative estimate of drug-likeness (QED) is 0.447. The van der Waals surface area contributed by atoms with Crippen molar-refractivity contribution in [2.24, 2.45) is 0 Å². The smallest absolute Gasteiger partial charge is 0.254 e. The molecule has 3 aliphatic rings. The number of piperazine rings is 1. The zero-order valence-corrected chi connectivity index (χ0v) is 23.4. The molecule has 1 fully saturated rings. The molecule has 3 aromatic carbocycles. The van der Waals surface area contributed by atoms with Crippen molar-refractivity contribution in [2.45, 2.75) is 21.6 Å². The number of hydrogen-bond donors (Lipinski definition) is 2. The van der Waals surface area contributed by atoms with Crippen molar-refractivity contribution < 1.29 is 31.8 Å². The third-order valence-electron chi connectivity index (χ3n) is 7.30. The summed E-state index contributed by atoms with van der Waals surface area (Å²) < 4.78 is 59.6. The average Bonchev–Trinajstić information content (AvgIpc) is 3.51. The number of halogens is 1. The molecular weight excluding hydrogens is 564 g/mol. The Morgan fingerprint density at radius 1 is 0.923 bits per heavy atom. The number of rotatable bonds is 5. The fraction of sp³-hybridized carbons (Fsp3) is 0.296. The van der Waals surface area contributed by atoms with Gasteiger partial charge in [-0.1, -0.05) is 30.3 Å². The van der Waals surface area contributed by atoms with Crippen molar-refractivity contribution in [1.29, 1.82) is 0 Å². The predicted octanol–water partition coefficient (Wildman–Crippen LogP) is 4.43. The van der Waals surface area contributed by atoms with Crippen molar-refractivity contribution in [2.75, 3.05) is 38.7 Å². The highest BCUT2D eigenvalue weighted by Crippen LogP contribution is 2.62. The number of carbonyl (C=O) groups excluding carboxylic acids is 1. The van der Waals surface area contributed by atoms with Gasteiger partial charge in [-0.05, 0) is 42.0 Å². The normalized spacial score (nSPS) is 20.7. The second kappa shape index (κ2) is 10.6. The van der Waals surface area contributed by atoms with Gasteiger partial charge in [-0.15, -0.1) is 12.4 Å². The van der Waals surface area contributed by atoms with Gasteiger partial charge in [0.2, 0.25) is 6.79 Å². The van der Waals surface area contributed by atoms with E-state index in [1.54, 1.807) is 35.2 Å². The molecule has 0 spiro atoms. The Balaban J connectivity index is 0.00000308. The van der Waals surface area contributed by atoms with E-state index in [0.29, 0.717) is 32.7 Å². The lowest BCUT2D eigenvalue weighted by molar-refractivity contribution is 0.0627. The highest BCUT2D eigenvalue weighted by Gasteiger charge is 2.45. The van der Waals surface area contributed by atoms with Gasteiger partial charge in [-0.3, -0.25) is 18.8 Å². The molecule has 9 nitrogen and oxygen atoms in total. The number of nitrogens with zero attached hydrogens (tertiary/aromatic N) is 2. The van der Waals surface area contributed by atoms with E-state index in [9.17, 15) is 22.3 Å². The van der Waals surface area contributed by atoms with Crippen molar-refractivity contribution in [3.8, 4) is 11.5 Å². The van der Waals surface area contributed by atoms with Crippen LogP contribution in [0.1, 0.15) is 26.7 Å². The zero-order chi connectivity index (χ0) is 26.5. The molecule has 39 heavy (non-hydrogen) atoms. The van der Waals surface area contributed by atoms with E-state index in [-0.39, 0.29) is 51.8 Å². The summed E-state index contributed by atoms with van der Waals surface area (Å²) in [6, 6.07) is 18.5. The number of carbonyl (C=O) groups is 1. The molecule has 1 atom stereocenters. The molecule has 1 amide bonds. The van der Waals surface area contributed by atoms with Crippen LogP contribution in [0.3, 0.4) is 0 Å². The summed E-state index contributed by atoms with van der Waals surface area (Å²) in [7, 11) is -7.31. The third-order valence-corrected chi connectivity index (χ3v) is 11.5. The first-order valence-electron chi connectivity index (χ1n) is 12.3. The molecule has 6 rings (SSSR count). The Morgan fingerprint density at radius 2 is 1.64 bits per heavy atom.